The first kappa shape index (κ1) is 14.6. The predicted octanol–water partition coefficient (Wildman–Crippen LogP) is 3.26. The summed E-state index contributed by atoms with van der Waals surface area (Å²) in [7, 11) is 1.57. The van der Waals surface area contributed by atoms with Gasteiger partial charge in [0.25, 0.3) is 0 Å². The number of benzene rings is 1. The first-order valence-electron chi connectivity index (χ1n) is 5.47. The average molecular weight is 263 g/mol. The Morgan fingerprint density at radius 2 is 1.89 bits per heavy atom. The van der Waals surface area contributed by atoms with Gasteiger partial charge in [0.2, 0.25) is 0 Å². The van der Waals surface area contributed by atoms with E-state index in [1.807, 2.05) is 13.8 Å². The maximum Gasteiger partial charge on any atom is 0.387 e. The molecule has 1 aromatic rings. The van der Waals surface area contributed by atoms with E-state index in [1.54, 1.807) is 7.11 Å². The van der Waals surface area contributed by atoms with E-state index in [-0.39, 0.29) is 12.1 Å². The zero-order valence-corrected chi connectivity index (χ0v) is 10.4. The topological polar surface area (TPSA) is 30.5 Å². The van der Waals surface area contributed by atoms with Crippen molar-refractivity contribution in [2.45, 2.75) is 32.6 Å². The molecule has 0 bridgehead atoms. The van der Waals surface area contributed by atoms with Crippen molar-refractivity contribution in [2.75, 3.05) is 12.4 Å². The van der Waals surface area contributed by atoms with E-state index in [4.69, 9.17) is 4.74 Å². The number of methoxy groups -OCH3 is 1. The summed E-state index contributed by atoms with van der Waals surface area (Å²) in [6.45, 7) is 0.698. The van der Waals surface area contributed by atoms with Gasteiger partial charge in [-0.05, 0) is 26.0 Å². The van der Waals surface area contributed by atoms with E-state index in [9.17, 15) is 13.2 Å². The van der Waals surface area contributed by atoms with Gasteiger partial charge in [0.1, 0.15) is 0 Å². The summed E-state index contributed by atoms with van der Waals surface area (Å²) in [6, 6.07) is 3.70. The van der Waals surface area contributed by atoms with Crippen LogP contribution in [0.5, 0.6) is 5.75 Å². The Hall–Kier alpha value is -1.43. The lowest BCUT2D eigenvalue weighted by Crippen LogP contribution is -2.29. The normalized spacial score (nSPS) is 14.4. The maximum atomic E-state index is 13.4. The third kappa shape index (κ3) is 4.10. The summed E-state index contributed by atoms with van der Waals surface area (Å²) in [5.74, 6) is -1.31. The molecule has 0 aliphatic heterocycles. The van der Waals surface area contributed by atoms with Gasteiger partial charge in [0.15, 0.2) is 11.6 Å². The molecule has 0 aliphatic rings. The number of alkyl halides is 2. The number of nitrogens with one attached hydrogen (secondary N) is 1. The first-order chi connectivity index (χ1) is 8.43. The molecule has 0 radical (unpaired) electrons. The van der Waals surface area contributed by atoms with Crippen LogP contribution in [0, 0.1) is 5.82 Å². The molecule has 6 heteroatoms. The van der Waals surface area contributed by atoms with E-state index in [1.165, 1.54) is 6.07 Å². The lowest BCUT2D eigenvalue weighted by atomic mass is 10.2. The zero-order valence-electron chi connectivity index (χ0n) is 10.4. The summed E-state index contributed by atoms with van der Waals surface area (Å²) in [5.41, 5.74) is 0.477. The fourth-order valence-corrected chi connectivity index (χ4v) is 1.37. The van der Waals surface area contributed by atoms with Gasteiger partial charge in [-0.15, -0.1) is 0 Å². The van der Waals surface area contributed by atoms with E-state index in [0.29, 0.717) is 5.69 Å². The number of rotatable bonds is 6. The number of hydrogen-bond donors (Lipinski definition) is 1. The second-order valence-corrected chi connectivity index (χ2v) is 3.90. The molecule has 1 rings (SSSR count). The molecule has 0 saturated carbocycles. The highest BCUT2D eigenvalue weighted by molar-refractivity contribution is 5.48. The Morgan fingerprint density at radius 1 is 1.22 bits per heavy atom. The van der Waals surface area contributed by atoms with Crippen molar-refractivity contribution in [1.82, 2.24) is 0 Å². The van der Waals surface area contributed by atoms with Gasteiger partial charge in [0.05, 0.1) is 6.10 Å². The van der Waals surface area contributed by atoms with Crippen LogP contribution < -0.4 is 10.1 Å². The molecular formula is C12H16F3NO2. The molecule has 102 valence electrons. The molecule has 1 N–H and O–H groups in total. The van der Waals surface area contributed by atoms with Crippen LogP contribution in [0.25, 0.3) is 0 Å². The quantitative estimate of drug-likeness (QED) is 0.854. The minimum absolute atomic E-state index is 0.0451. The van der Waals surface area contributed by atoms with Crippen molar-refractivity contribution >= 4 is 5.69 Å². The monoisotopic (exact) mass is 263 g/mol. The highest BCUT2D eigenvalue weighted by atomic mass is 19.3. The SMILES string of the molecule is COC(C)C(C)Nc1ccc(OC(F)F)c(F)c1. The third-order valence-electron chi connectivity index (χ3n) is 2.62. The van der Waals surface area contributed by atoms with Crippen LogP contribution in [-0.2, 0) is 4.74 Å². The van der Waals surface area contributed by atoms with Gasteiger partial charge in [0, 0.05) is 24.9 Å². The largest absolute Gasteiger partial charge is 0.432 e. The number of halogens is 3. The Labute approximate surface area is 104 Å². The van der Waals surface area contributed by atoms with Gasteiger partial charge < -0.3 is 14.8 Å². The van der Waals surface area contributed by atoms with E-state index < -0.39 is 18.2 Å². The fourth-order valence-electron chi connectivity index (χ4n) is 1.37. The molecule has 3 nitrogen and oxygen atoms in total. The lowest BCUT2D eigenvalue weighted by molar-refractivity contribution is -0.0521. The van der Waals surface area contributed by atoms with Crippen LogP contribution in [0.2, 0.25) is 0 Å². The maximum absolute atomic E-state index is 13.4. The van der Waals surface area contributed by atoms with Gasteiger partial charge in [-0.25, -0.2) is 4.39 Å². The number of anilines is 1. The highest BCUT2D eigenvalue weighted by Gasteiger charge is 2.13. The summed E-state index contributed by atoms with van der Waals surface area (Å²) in [6.07, 6.45) is -0.0648. The molecule has 18 heavy (non-hydrogen) atoms. The van der Waals surface area contributed by atoms with Crippen LogP contribution in [0.15, 0.2) is 18.2 Å². The van der Waals surface area contributed by atoms with Gasteiger partial charge in [-0.3, -0.25) is 0 Å². The van der Waals surface area contributed by atoms with Crippen molar-refractivity contribution in [1.29, 1.82) is 0 Å². The summed E-state index contributed by atoms with van der Waals surface area (Å²) in [4.78, 5) is 0. The van der Waals surface area contributed by atoms with E-state index in [0.717, 1.165) is 12.1 Å². The van der Waals surface area contributed by atoms with Crippen LogP contribution in [-0.4, -0.2) is 25.9 Å². The standard InChI is InChI=1S/C12H16F3NO2/c1-7(8(2)17-3)16-9-4-5-11(10(13)6-9)18-12(14)15/h4-8,12,16H,1-3H3. The van der Waals surface area contributed by atoms with E-state index in [2.05, 4.69) is 10.1 Å². The predicted molar refractivity (Wildman–Crippen MR) is 62.6 cm³/mol. The molecule has 0 spiro atoms. The molecule has 2 atom stereocenters. The minimum atomic E-state index is -3.04. The highest BCUT2D eigenvalue weighted by Crippen LogP contribution is 2.23. The molecule has 0 aromatic heterocycles. The van der Waals surface area contributed by atoms with Gasteiger partial charge in [-0.2, -0.15) is 8.78 Å². The van der Waals surface area contributed by atoms with Gasteiger partial charge in [-0.1, -0.05) is 0 Å². The Kier molecular flexibility index (Phi) is 5.27. The van der Waals surface area contributed by atoms with Crippen LogP contribution in [0.1, 0.15) is 13.8 Å². The molecule has 0 saturated heterocycles. The minimum Gasteiger partial charge on any atom is -0.432 e. The molecule has 1 aromatic carbocycles. The van der Waals surface area contributed by atoms with Crippen LogP contribution in [0.3, 0.4) is 0 Å². The Morgan fingerprint density at radius 3 is 2.39 bits per heavy atom. The van der Waals surface area contributed by atoms with Crippen LogP contribution in [0.4, 0.5) is 18.9 Å². The molecular weight excluding hydrogens is 247 g/mol. The summed E-state index contributed by atoms with van der Waals surface area (Å²) in [5, 5.41) is 3.01. The second-order valence-electron chi connectivity index (χ2n) is 3.90. The summed E-state index contributed by atoms with van der Waals surface area (Å²) >= 11 is 0. The van der Waals surface area contributed by atoms with Crippen molar-refractivity contribution in [3.63, 3.8) is 0 Å². The molecule has 0 fully saturated rings. The zero-order chi connectivity index (χ0) is 13.7. The average Bonchev–Trinajstić information content (AvgIpc) is 2.31. The van der Waals surface area contributed by atoms with Crippen LogP contribution >= 0.6 is 0 Å². The van der Waals surface area contributed by atoms with Crippen molar-refractivity contribution in [2.24, 2.45) is 0 Å². The fraction of sp³-hybridized carbons (Fsp3) is 0.500. The Bertz CT molecular complexity index is 388. The second kappa shape index (κ2) is 6.49. The molecule has 2 unspecified atom stereocenters. The Balaban J connectivity index is 2.72. The van der Waals surface area contributed by atoms with Gasteiger partial charge >= 0.3 is 6.61 Å². The lowest BCUT2D eigenvalue weighted by Gasteiger charge is -2.21. The van der Waals surface area contributed by atoms with Crippen molar-refractivity contribution in [3.8, 4) is 5.75 Å². The summed E-state index contributed by atoms with van der Waals surface area (Å²) < 4.78 is 46.4. The molecule has 0 amide bonds. The number of hydrogen-bond acceptors (Lipinski definition) is 3. The molecule has 0 heterocycles. The smallest absolute Gasteiger partial charge is 0.387 e. The number of ether oxygens (including phenoxy) is 2. The third-order valence-corrected chi connectivity index (χ3v) is 2.62. The molecule has 0 aliphatic carbocycles. The first-order valence-corrected chi connectivity index (χ1v) is 5.47. The van der Waals surface area contributed by atoms with E-state index >= 15 is 0 Å². The van der Waals surface area contributed by atoms with Crippen molar-refractivity contribution in [3.05, 3.63) is 24.0 Å². The van der Waals surface area contributed by atoms with Crippen molar-refractivity contribution < 1.29 is 22.6 Å².